The summed E-state index contributed by atoms with van der Waals surface area (Å²) in [7, 11) is 1.90. The first-order valence-corrected chi connectivity index (χ1v) is 6.43. The highest BCUT2D eigenvalue weighted by molar-refractivity contribution is 5.93. The van der Waals surface area contributed by atoms with Gasteiger partial charge in [-0.1, -0.05) is 6.07 Å². The second-order valence-electron chi connectivity index (χ2n) is 4.70. The Balaban J connectivity index is 2.15. The average Bonchev–Trinajstić information content (AvgIpc) is 2.53. The number of aromatic nitrogens is 2. The summed E-state index contributed by atoms with van der Waals surface area (Å²) in [6.45, 7) is 0. The first kappa shape index (κ1) is 12.9. The van der Waals surface area contributed by atoms with E-state index in [2.05, 4.69) is 16.0 Å². The second-order valence-corrected chi connectivity index (χ2v) is 4.70. The molecule has 0 aliphatic heterocycles. The van der Waals surface area contributed by atoms with Crippen molar-refractivity contribution in [3.63, 3.8) is 0 Å². The average molecular weight is 275 g/mol. The summed E-state index contributed by atoms with van der Waals surface area (Å²) in [5, 5.41) is 9.89. The predicted molar refractivity (Wildman–Crippen MR) is 83.2 cm³/mol. The van der Waals surface area contributed by atoms with E-state index in [1.54, 1.807) is 6.07 Å². The Morgan fingerprint density at radius 1 is 1.14 bits per heavy atom. The summed E-state index contributed by atoms with van der Waals surface area (Å²) in [6, 6.07) is 15.1. The first-order valence-electron chi connectivity index (χ1n) is 6.43. The van der Waals surface area contributed by atoms with Crippen LogP contribution < -0.4 is 10.6 Å². The SMILES string of the molecule is CN(c1cccc(C#N)c1)c1ncnc2ccc(N)cc12. The number of anilines is 3. The summed E-state index contributed by atoms with van der Waals surface area (Å²) >= 11 is 0. The van der Waals surface area contributed by atoms with Crippen molar-refractivity contribution in [3.05, 3.63) is 54.4 Å². The summed E-state index contributed by atoms with van der Waals surface area (Å²) in [4.78, 5) is 10.5. The van der Waals surface area contributed by atoms with Gasteiger partial charge in [-0.05, 0) is 36.4 Å². The predicted octanol–water partition coefficient (Wildman–Crippen LogP) is 2.85. The Kier molecular flexibility index (Phi) is 3.13. The van der Waals surface area contributed by atoms with Gasteiger partial charge in [-0.2, -0.15) is 5.26 Å². The second kappa shape index (κ2) is 5.10. The molecule has 0 saturated carbocycles. The molecule has 0 bridgehead atoms. The highest BCUT2D eigenvalue weighted by Gasteiger charge is 2.11. The number of nitrogen functional groups attached to an aromatic ring is 1. The van der Waals surface area contributed by atoms with Crippen molar-refractivity contribution < 1.29 is 0 Å². The Labute approximate surface area is 122 Å². The molecule has 0 fully saturated rings. The number of hydrogen-bond acceptors (Lipinski definition) is 5. The van der Waals surface area contributed by atoms with Crippen LogP contribution in [0.4, 0.5) is 17.2 Å². The number of fused-ring (bicyclic) bond motifs is 1. The van der Waals surface area contributed by atoms with Gasteiger partial charge in [0.15, 0.2) is 0 Å². The molecule has 0 aliphatic carbocycles. The van der Waals surface area contributed by atoms with Crippen LogP contribution in [0.1, 0.15) is 5.56 Å². The molecule has 0 radical (unpaired) electrons. The normalized spacial score (nSPS) is 10.3. The maximum atomic E-state index is 9.01. The molecule has 0 spiro atoms. The lowest BCUT2D eigenvalue weighted by atomic mass is 10.1. The van der Waals surface area contributed by atoms with Gasteiger partial charge in [-0.15, -0.1) is 0 Å². The quantitative estimate of drug-likeness (QED) is 0.727. The monoisotopic (exact) mass is 275 g/mol. The van der Waals surface area contributed by atoms with Crippen LogP contribution in [0.2, 0.25) is 0 Å². The van der Waals surface area contributed by atoms with Crippen LogP contribution in [0.5, 0.6) is 0 Å². The number of nitrogens with two attached hydrogens (primary N) is 1. The van der Waals surface area contributed by atoms with Gasteiger partial charge in [-0.3, -0.25) is 0 Å². The van der Waals surface area contributed by atoms with E-state index in [9.17, 15) is 0 Å². The molecule has 0 aliphatic rings. The Morgan fingerprint density at radius 2 is 2.00 bits per heavy atom. The summed E-state index contributed by atoms with van der Waals surface area (Å²) < 4.78 is 0. The van der Waals surface area contributed by atoms with Gasteiger partial charge < -0.3 is 10.6 Å². The molecule has 3 rings (SSSR count). The standard InChI is InChI=1S/C16H13N5/c1-21(13-4-2-3-11(7-13)9-17)16-14-8-12(18)5-6-15(14)19-10-20-16/h2-8,10H,18H2,1H3. The number of nitriles is 1. The highest BCUT2D eigenvalue weighted by Crippen LogP contribution is 2.29. The van der Waals surface area contributed by atoms with Gasteiger partial charge in [0.05, 0.1) is 17.1 Å². The highest BCUT2D eigenvalue weighted by atomic mass is 15.2. The molecule has 0 saturated heterocycles. The minimum Gasteiger partial charge on any atom is -0.399 e. The molecule has 2 aromatic carbocycles. The van der Waals surface area contributed by atoms with E-state index >= 15 is 0 Å². The zero-order chi connectivity index (χ0) is 14.8. The third kappa shape index (κ3) is 2.35. The van der Waals surface area contributed by atoms with Crippen molar-refractivity contribution in [2.75, 3.05) is 17.7 Å². The minimum absolute atomic E-state index is 0.609. The molecule has 0 atom stereocenters. The molecular weight excluding hydrogens is 262 g/mol. The third-order valence-electron chi connectivity index (χ3n) is 3.32. The zero-order valence-corrected chi connectivity index (χ0v) is 11.5. The molecule has 1 heterocycles. The van der Waals surface area contributed by atoms with Crippen LogP contribution in [-0.4, -0.2) is 17.0 Å². The largest absolute Gasteiger partial charge is 0.399 e. The van der Waals surface area contributed by atoms with Crippen LogP contribution in [0.3, 0.4) is 0 Å². The fraction of sp³-hybridized carbons (Fsp3) is 0.0625. The van der Waals surface area contributed by atoms with Gasteiger partial charge in [0.2, 0.25) is 0 Å². The van der Waals surface area contributed by atoms with E-state index in [1.165, 1.54) is 6.33 Å². The molecule has 21 heavy (non-hydrogen) atoms. The topological polar surface area (TPSA) is 78.8 Å². The van der Waals surface area contributed by atoms with Crippen LogP contribution >= 0.6 is 0 Å². The van der Waals surface area contributed by atoms with Gasteiger partial charge in [0.25, 0.3) is 0 Å². The van der Waals surface area contributed by atoms with E-state index < -0.39 is 0 Å². The smallest absolute Gasteiger partial charge is 0.144 e. The third-order valence-corrected chi connectivity index (χ3v) is 3.32. The summed E-state index contributed by atoms with van der Waals surface area (Å²) in [6.07, 6.45) is 1.53. The van der Waals surface area contributed by atoms with E-state index in [4.69, 9.17) is 11.0 Å². The maximum absolute atomic E-state index is 9.01. The van der Waals surface area contributed by atoms with E-state index in [1.807, 2.05) is 48.3 Å². The van der Waals surface area contributed by atoms with Gasteiger partial charge in [0.1, 0.15) is 12.1 Å². The molecule has 102 valence electrons. The van der Waals surface area contributed by atoms with Crippen molar-refractivity contribution in [2.45, 2.75) is 0 Å². The number of nitrogens with zero attached hydrogens (tertiary/aromatic N) is 4. The van der Waals surface area contributed by atoms with E-state index in [-0.39, 0.29) is 0 Å². The van der Waals surface area contributed by atoms with Crippen LogP contribution in [0, 0.1) is 11.3 Å². The molecule has 1 aromatic heterocycles. The number of benzene rings is 2. The molecular formula is C16H13N5. The molecule has 2 N–H and O–H groups in total. The van der Waals surface area contributed by atoms with Crippen molar-refractivity contribution >= 4 is 28.1 Å². The lowest BCUT2D eigenvalue weighted by Crippen LogP contribution is -2.12. The Morgan fingerprint density at radius 3 is 2.81 bits per heavy atom. The minimum atomic E-state index is 0.609. The molecule has 5 nitrogen and oxygen atoms in total. The van der Waals surface area contributed by atoms with Gasteiger partial charge in [-0.25, -0.2) is 9.97 Å². The van der Waals surface area contributed by atoms with Crippen molar-refractivity contribution in [3.8, 4) is 6.07 Å². The zero-order valence-electron chi connectivity index (χ0n) is 11.5. The lowest BCUT2D eigenvalue weighted by Gasteiger charge is -2.20. The van der Waals surface area contributed by atoms with Crippen LogP contribution in [-0.2, 0) is 0 Å². The lowest BCUT2D eigenvalue weighted by molar-refractivity contribution is 1.11. The molecule has 3 aromatic rings. The van der Waals surface area contributed by atoms with Gasteiger partial charge >= 0.3 is 0 Å². The van der Waals surface area contributed by atoms with Crippen LogP contribution in [0.15, 0.2) is 48.8 Å². The molecule has 5 heteroatoms. The number of hydrogen-bond donors (Lipinski definition) is 1. The fourth-order valence-electron chi connectivity index (χ4n) is 2.23. The molecule has 0 amide bonds. The van der Waals surface area contributed by atoms with E-state index in [0.29, 0.717) is 11.3 Å². The van der Waals surface area contributed by atoms with Crippen molar-refractivity contribution in [2.24, 2.45) is 0 Å². The fourth-order valence-corrected chi connectivity index (χ4v) is 2.23. The Bertz CT molecular complexity index is 851. The summed E-state index contributed by atoms with van der Waals surface area (Å²) in [5.41, 5.74) is 8.85. The first-order chi connectivity index (χ1) is 10.2. The summed E-state index contributed by atoms with van der Waals surface area (Å²) in [5.74, 6) is 0.752. The van der Waals surface area contributed by atoms with Crippen LogP contribution in [0.25, 0.3) is 10.9 Å². The number of rotatable bonds is 2. The Hall–Kier alpha value is -3.13. The van der Waals surface area contributed by atoms with Gasteiger partial charge in [0, 0.05) is 23.8 Å². The molecule has 0 unspecified atom stereocenters. The van der Waals surface area contributed by atoms with Crippen molar-refractivity contribution in [1.29, 1.82) is 5.26 Å². The van der Waals surface area contributed by atoms with E-state index in [0.717, 1.165) is 22.4 Å². The van der Waals surface area contributed by atoms with Crippen molar-refractivity contribution in [1.82, 2.24) is 9.97 Å². The maximum Gasteiger partial charge on any atom is 0.144 e.